The highest BCUT2D eigenvalue weighted by atomic mass is 16.5. The molecular formula is C17H19N3O4. The molecule has 7 heteroatoms. The molecule has 1 fully saturated rings. The van der Waals surface area contributed by atoms with Crippen molar-refractivity contribution in [1.29, 1.82) is 0 Å². The molecule has 3 rings (SSSR count). The Bertz CT molecular complexity index is 684. The molecule has 2 aromatic rings. The minimum absolute atomic E-state index is 0.164. The summed E-state index contributed by atoms with van der Waals surface area (Å²) >= 11 is 0. The molecule has 0 aliphatic carbocycles. The molecule has 126 valence electrons. The van der Waals surface area contributed by atoms with Crippen LogP contribution < -0.4 is 10.1 Å². The molecule has 1 atom stereocenters. The van der Waals surface area contributed by atoms with E-state index in [4.69, 9.17) is 9.47 Å². The van der Waals surface area contributed by atoms with Crippen LogP contribution in [0.25, 0.3) is 0 Å². The quantitative estimate of drug-likeness (QED) is 0.816. The van der Waals surface area contributed by atoms with Gasteiger partial charge in [-0.05, 0) is 37.1 Å². The van der Waals surface area contributed by atoms with Crippen LogP contribution in [0.2, 0.25) is 0 Å². The van der Waals surface area contributed by atoms with E-state index in [-0.39, 0.29) is 11.8 Å². The number of methoxy groups -OCH3 is 1. The van der Waals surface area contributed by atoms with Gasteiger partial charge in [0, 0.05) is 18.4 Å². The molecule has 0 spiro atoms. The predicted octanol–water partition coefficient (Wildman–Crippen LogP) is 2.56. The highest BCUT2D eigenvalue weighted by Crippen LogP contribution is 2.21. The van der Waals surface area contributed by atoms with Crippen LogP contribution in [0, 0.1) is 0 Å². The maximum absolute atomic E-state index is 11.3. The maximum atomic E-state index is 11.3. The fraction of sp³-hybridized carbons (Fsp3) is 0.353. The van der Waals surface area contributed by atoms with E-state index >= 15 is 0 Å². The van der Waals surface area contributed by atoms with E-state index in [1.165, 1.54) is 7.11 Å². The summed E-state index contributed by atoms with van der Waals surface area (Å²) in [5, 5.41) is 10.9. The van der Waals surface area contributed by atoms with Crippen LogP contribution in [0.1, 0.15) is 23.3 Å². The van der Waals surface area contributed by atoms with Gasteiger partial charge in [-0.3, -0.25) is 0 Å². The Morgan fingerprint density at radius 1 is 1.33 bits per heavy atom. The number of anilines is 2. The van der Waals surface area contributed by atoms with Gasteiger partial charge in [-0.15, -0.1) is 10.2 Å². The van der Waals surface area contributed by atoms with Crippen LogP contribution in [0.4, 0.5) is 11.5 Å². The monoisotopic (exact) mass is 329 g/mol. The first kappa shape index (κ1) is 16.2. The van der Waals surface area contributed by atoms with Crippen molar-refractivity contribution in [2.75, 3.05) is 25.6 Å². The van der Waals surface area contributed by atoms with Gasteiger partial charge in [-0.2, -0.15) is 0 Å². The summed E-state index contributed by atoms with van der Waals surface area (Å²) in [5.41, 5.74) is 0.983. The molecule has 1 N–H and O–H groups in total. The van der Waals surface area contributed by atoms with E-state index in [0.717, 1.165) is 30.9 Å². The molecule has 0 radical (unpaired) electrons. The van der Waals surface area contributed by atoms with Crippen LogP contribution in [0.15, 0.2) is 36.4 Å². The highest BCUT2D eigenvalue weighted by Gasteiger charge is 2.16. The van der Waals surface area contributed by atoms with Crippen LogP contribution in [-0.4, -0.2) is 42.6 Å². The zero-order chi connectivity index (χ0) is 16.8. The zero-order valence-corrected chi connectivity index (χ0v) is 13.4. The van der Waals surface area contributed by atoms with E-state index in [1.54, 1.807) is 12.1 Å². The Morgan fingerprint density at radius 2 is 2.25 bits per heavy atom. The Labute approximate surface area is 139 Å². The number of hydrogen-bond donors (Lipinski definition) is 1. The van der Waals surface area contributed by atoms with Gasteiger partial charge < -0.3 is 19.5 Å². The highest BCUT2D eigenvalue weighted by molar-refractivity contribution is 5.87. The fourth-order valence-electron chi connectivity index (χ4n) is 2.39. The molecule has 7 nitrogen and oxygen atoms in total. The van der Waals surface area contributed by atoms with Crippen molar-refractivity contribution in [1.82, 2.24) is 10.2 Å². The van der Waals surface area contributed by atoms with E-state index in [9.17, 15) is 4.79 Å². The standard InChI is InChI=1S/C17H19N3O4/c1-22-17(21)15-7-8-16(20-19-15)18-12-4-2-5-13(10-12)24-11-14-6-3-9-23-14/h2,4-5,7-8,10,14H,3,6,9,11H2,1H3,(H,18,20). The Morgan fingerprint density at radius 3 is 2.96 bits per heavy atom. The second-order valence-corrected chi connectivity index (χ2v) is 5.39. The Kier molecular flexibility index (Phi) is 5.22. The number of esters is 1. The fourth-order valence-corrected chi connectivity index (χ4v) is 2.39. The molecule has 1 aliphatic rings. The van der Waals surface area contributed by atoms with Gasteiger partial charge in [0.15, 0.2) is 11.5 Å². The van der Waals surface area contributed by atoms with Gasteiger partial charge in [0.1, 0.15) is 12.4 Å². The van der Waals surface area contributed by atoms with E-state index in [1.807, 2.05) is 24.3 Å². The molecule has 1 aromatic carbocycles. The number of ether oxygens (including phenoxy) is 3. The lowest BCUT2D eigenvalue weighted by Crippen LogP contribution is -2.16. The molecule has 0 amide bonds. The maximum Gasteiger partial charge on any atom is 0.358 e. The third-order valence-corrected chi connectivity index (χ3v) is 3.63. The van der Waals surface area contributed by atoms with Gasteiger partial charge >= 0.3 is 5.97 Å². The minimum Gasteiger partial charge on any atom is -0.491 e. The second kappa shape index (κ2) is 7.74. The average molecular weight is 329 g/mol. The Balaban J connectivity index is 1.60. The lowest BCUT2D eigenvalue weighted by molar-refractivity contribution is 0.0592. The van der Waals surface area contributed by atoms with Crippen LogP contribution >= 0.6 is 0 Å². The van der Waals surface area contributed by atoms with Crippen LogP contribution in [0.5, 0.6) is 5.75 Å². The van der Waals surface area contributed by atoms with E-state index in [0.29, 0.717) is 12.4 Å². The summed E-state index contributed by atoms with van der Waals surface area (Å²) in [4.78, 5) is 11.3. The molecule has 2 heterocycles. The number of nitrogens with zero attached hydrogens (tertiary/aromatic N) is 2. The van der Waals surface area contributed by atoms with Gasteiger partial charge in [0.2, 0.25) is 0 Å². The predicted molar refractivity (Wildman–Crippen MR) is 87.6 cm³/mol. The first-order valence-electron chi connectivity index (χ1n) is 7.78. The molecule has 24 heavy (non-hydrogen) atoms. The van der Waals surface area contributed by atoms with Crippen molar-refractivity contribution in [3.05, 3.63) is 42.1 Å². The van der Waals surface area contributed by atoms with E-state index < -0.39 is 5.97 Å². The first-order chi connectivity index (χ1) is 11.7. The summed E-state index contributed by atoms with van der Waals surface area (Å²) in [6.07, 6.45) is 2.31. The molecule has 1 saturated heterocycles. The summed E-state index contributed by atoms with van der Waals surface area (Å²) in [5.74, 6) is 0.771. The minimum atomic E-state index is -0.515. The lowest BCUT2D eigenvalue weighted by Gasteiger charge is -2.12. The normalized spacial score (nSPS) is 16.6. The number of carbonyl (C=O) groups excluding carboxylic acids is 1. The van der Waals surface area contributed by atoms with Crippen molar-refractivity contribution in [3.63, 3.8) is 0 Å². The number of carbonyl (C=O) groups is 1. The van der Waals surface area contributed by atoms with Gasteiger partial charge in [-0.1, -0.05) is 6.07 Å². The lowest BCUT2D eigenvalue weighted by atomic mass is 10.2. The summed E-state index contributed by atoms with van der Waals surface area (Å²) in [6.45, 7) is 1.37. The SMILES string of the molecule is COC(=O)c1ccc(Nc2cccc(OCC3CCCO3)c2)nn1. The van der Waals surface area contributed by atoms with Gasteiger partial charge in [0.25, 0.3) is 0 Å². The number of nitrogens with one attached hydrogen (secondary N) is 1. The second-order valence-electron chi connectivity index (χ2n) is 5.39. The average Bonchev–Trinajstić information content (AvgIpc) is 3.14. The summed E-state index contributed by atoms with van der Waals surface area (Å²) in [7, 11) is 1.30. The van der Waals surface area contributed by atoms with Crippen molar-refractivity contribution >= 4 is 17.5 Å². The van der Waals surface area contributed by atoms with Crippen molar-refractivity contribution < 1.29 is 19.0 Å². The number of hydrogen-bond acceptors (Lipinski definition) is 7. The molecule has 1 aliphatic heterocycles. The molecule has 1 aromatic heterocycles. The number of aromatic nitrogens is 2. The molecule has 1 unspecified atom stereocenters. The van der Waals surface area contributed by atoms with Crippen LogP contribution in [-0.2, 0) is 9.47 Å². The van der Waals surface area contributed by atoms with Crippen molar-refractivity contribution in [2.45, 2.75) is 18.9 Å². The number of rotatable bonds is 6. The number of benzene rings is 1. The van der Waals surface area contributed by atoms with Crippen molar-refractivity contribution in [3.8, 4) is 5.75 Å². The third-order valence-electron chi connectivity index (χ3n) is 3.63. The summed E-state index contributed by atoms with van der Waals surface area (Å²) in [6, 6.07) is 10.8. The van der Waals surface area contributed by atoms with Crippen molar-refractivity contribution in [2.24, 2.45) is 0 Å². The van der Waals surface area contributed by atoms with Gasteiger partial charge in [0.05, 0.1) is 13.2 Å². The van der Waals surface area contributed by atoms with Crippen LogP contribution in [0.3, 0.4) is 0 Å². The van der Waals surface area contributed by atoms with Gasteiger partial charge in [-0.25, -0.2) is 4.79 Å². The Hall–Kier alpha value is -2.67. The van der Waals surface area contributed by atoms with E-state index in [2.05, 4.69) is 20.3 Å². The first-order valence-corrected chi connectivity index (χ1v) is 7.78. The molecule has 0 saturated carbocycles. The summed E-state index contributed by atoms with van der Waals surface area (Å²) < 4.78 is 15.9. The largest absolute Gasteiger partial charge is 0.491 e. The smallest absolute Gasteiger partial charge is 0.358 e. The topological polar surface area (TPSA) is 82.6 Å². The molecular weight excluding hydrogens is 310 g/mol. The zero-order valence-electron chi connectivity index (χ0n) is 13.4. The third kappa shape index (κ3) is 4.20. The molecule has 0 bridgehead atoms.